The molecule has 4 nitrogen and oxygen atoms in total. The number of methoxy groups -OCH3 is 1. The van der Waals surface area contributed by atoms with Gasteiger partial charge in [0, 0.05) is 4.90 Å². The summed E-state index contributed by atoms with van der Waals surface area (Å²) in [5.74, 6) is 1.04. The Labute approximate surface area is 108 Å². The average molecular weight is 262 g/mol. The number of hydrogen-bond donors (Lipinski definition) is 0. The van der Waals surface area contributed by atoms with E-state index in [1.165, 1.54) is 12.1 Å². The maximum Gasteiger partial charge on any atom is 0.259 e. The summed E-state index contributed by atoms with van der Waals surface area (Å²) in [6.45, 7) is 0. The molecule has 0 unspecified atom stereocenters. The molecule has 1 aromatic heterocycles. The summed E-state index contributed by atoms with van der Waals surface area (Å²) >= 11 is 1.04. The molecule has 0 spiro atoms. The fourth-order valence-corrected chi connectivity index (χ4v) is 2.02. The number of thioether (sulfide) groups is 1. The Bertz CT molecular complexity index is 557. The lowest BCUT2D eigenvalue weighted by Crippen LogP contribution is -1.90. The predicted octanol–water partition coefficient (Wildman–Crippen LogP) is 3.03. The highest BCUT2D eigenvalue weighted by molar-refractivity contribution is 8.14. The van der Waals surface area contributed by atoms with Crippen molar-refractivity contribution in [3.8, 4) is 5.75 Å². The Hall–Kier alpha value is -2.01. The first-order valence-electron chi connectivity index (χ1n) is 5.14. The first kappa shape index (κ1) is 12.4. The minimum atomic E-state index is -0.242. The number of aldehydes is 1. The molecule has 5 heteroatoms. The van der Waals surface area contributed by atoms with Crippen LogP contribution in [0.5, 0.6) is 5.75 Å². The highest BCUT2D eigenvalue weighted by Gasteiger charge is 2.12. The number of carbonyl (C=O) groups is 2. The van der Waals surface area contributed by atoms with E-state index in [9.17, 15) is 9.59 Å². The first-order chi connectivity index (χ1) is 8.72. The maximum atomic E-state index is 11.8. The minimum absolute atomic E-state index is 0.147. The zero-order valence-electron chi connectivity index (χ0n) is 9.58. The average Bonchev–Trinajstić information content (AvgIpc) is 2.88. The van der Waals surface area contributed by atoms with Crippen molar-refractivity contribution in [2.45, 2.75) is 4.90 Å². The van der Waals surface area contributed by atoms with Gasteiger partial charge < -0.3 is 9.15 Å². The second-order valence-corrected chi connectivity index (χ2v) is 4.43. The van der Waals surface area contributed by atoms with E-state index in [0.29, 0.717) is 6.29 Å². The van der Waals surface area contributed by atoms with Crippen molar-refractivity contribution in [2.75, 3.05) is 7.11 Å². The van der Waals surface area contributed by atoms with Crippen LogP contribution in [0.1, 0.15) is 21.1 Å². The van der Waals surface area contributed by atoms with Crippen molar-refractivity contribution >= 4 is 23.2 Å². The Morgan fingerprint density at radius 3 is 2.50 bits per heavy atom. The minimum Gasteiger partial charge on any atom is -0.497 e. The van der Waals surface area contributed by atoms with Gasteiger partial charge in [0.15, 0.2) is 17.8 Å². The summed E-state index contributed by atoms with van der Waals surface area (Å²) in [7, 11) is 1.58. The van der Waals surface area contributed by atoms with E-state index in [0.717, 1.165) is 22.4 Å². The summed E-state index contributed by atoms with van der Waals surface area (Å²) in [4.78, 5) is 23.0. The SMILES string of the molecule is COc1ccc(SC(=O)c2ccc(C=O)o2)cc1. The molecule has 0 N–H and O–H groups in total. The molecule has 0 radical (unpaired) electrons. The van der Waals surface area contributed by atoms with Crippen LogP contribution < -0.4 is 4.74 Å². The summed E-state index contributed by atoms with van der Waals surface area (Å²) in [5, 5.41) is -0.242. The van der Waals surface area contributed by atoms with Gasteiger partial charge in [-0.05, 0) is 48.2 Å². The van der Waals surface area contributed by atoms with Crippen molar-refractivity contribution in [2.24, 2.45) is 0 Å². The number of hydrogen-bond acceptors (Lipinski definition) is 5. The lowest BCUT2D eigenvalue weighted by molar-refractivity contribution is 0.105. The number of benzene rings is 1. The van der Waals surface area contributed by atoms with Crippen LogP contribution in [-0.2, 0) is 0 Å². The molecule has 0 aliphatic carbocycles. The second-order valence-electron chi connectivity index (χ2n) is 3.38. The topological polar surface area (TPSA) is 56.5 Å². The van der Waals surface area contributed by atoms with Crippen molar-refractivity contribution in [3.05, 3.63) is 47.9 Å². The monoisotopic (exact) mass is 262 g/mol. The number of rotatable bonds is 4. The van der Waals surface area contributed by atoms with Crippen molar-refractivity contribution < 1.29 is 18.7 Å². The van der Waals surface area contributed by atoms with Gasteiger partial charge in [0.25, 0.3) is 5.12 Å². The van der Waals surface area contributed by atoms with E-state index in [2.05, 4.69) is 0 Å². The Kier molecular flexibility index (Phi) is 3.84. The third-order valence-electron chi connectivity index (χ3n) is 2.21. The van der Waals surface area contributed by atoms with Crippen LogP contribution in [0, 0.1) is 0 Å². The lowest BCUT2D eigenvalue weighted by Gasteiger charge is -2.01. The molecule has 0 aliphatic rings. The fraction of sp³-hybridized carbons (Fsp3) is 0.0769. The van der Waals surface area contributed by atoms with E-state index in [1.54, 1.807) is 31.4 Å². The molecule has 2 rings (SSSR count). The van der Waals surface area contributed by atoms with Crippen LogP contribution in [0.25, 0.3) is 0 Å². The summed E-state index contributed by atoms with van der Waals surface area (Å²) in [5.41, 5.74) is 0. The van der Waals surface area contributed by atoms with Gasteiger partial charge in [0.1, 0.15) is 5.75 Å². The first-order valence-corrected chi connectivity index (χ1v) is 5.96. The maximum absolute atomic E-state index is 11.8. The Morgan fingerprint density at radius 2 is 1.94 bits per heavy atom. The summed E-state index contributed by atoms with van der Waals surface area (Å²) < 4.78 is 10.1. The molecule has 0 aliphatic heterocycles. The van der Waals surface area contributed by atoms with E-state index >= 15 is 0 Å². The predicted molar refractivity (Wildman–Crippen MR) is 67.3 cm³/mol. The van der Waals surface area contributed by atoms with Gasteiger partial charge in [0.05, 0.1) is 7.11 Å². The van der Waals surface area contributed by atoms with Gasteiger partial charge in [-0.1, -0.05) is 0 Å². The highest BCUT2D eigenvalue weighted by Crippen LogP contribution is 2.25. The fourth-order valence-electron chi connectivity index (χ4n) is 1.33. The standard InChI is InChI=1S/C13H10O4S/c1-16-9-2-5-11(6-3-9)18-13(15)12-7-4-10(8-14)17-12/h2-8H,1H3. The van der Waals surface area contributed by atoms with Gasteiger partial charge in [-0.15, -0.1) is 0 Å². The van der Waals surface area contributed by atoms with Crippen LogP contribution in [0.3, 0.4) is 0 Å². The number of furan rings is 1. The molecule has 18 heavy (non-hydrogen) atoms. The van der Waals surface area contributed by atoms with Crippen LogP contribution in [0.4, 0.5) is 0 Å². The van der Waals surface area contributed by atoms with Crippen molar-refractivity contribution in [1.82, 2.24) is 0 Å². The molecule has 0 fully saturated rings. The van der Waals surface area contributed by atoms with Crippen molar-refractivity contribution in [3.63, 3.8) is 0 Å². The summed E-state index contributed by atoms with van der Waals surface area (Å²) in [6, 6.07) is 10.1. The molecule has 2 aromatic rings. The van der Waals surface area contributed by atoms with E-state index in [-0.39, 0.29) is 16.6 Å². The highest BCUT2D eigenvalue weighted by atomic mass is 32.2. The van der Waals surface area contributed by atoms with Gasteiger partial charge >= 0.3 is 0 Å². The van der Waals surface area contributed by atoms with Gasteiger partial charge in [0.2, 0.25) is 0 Å². The summed E-state index contributed by atoms with van der Waals surface area (Å²) in [6.07, 6.45) is 0.564. The van der Waals surface area contributed by atoms with Crippen LogP contribution in [0.15, 0.2) is 45.7 Å². The molecule has 0 saturated carbocycles. The van der Waals surface area contributed by atoms with Crippen LogP contribution in [-0.4, -0.2) is 18.5 Å². The molecular weight excluding hydrogens is 252 g/mol. The van der Waals surface area contributed by atoms with Gasteiger partial charge in [-0.3, -0.25) is 9.59 Å². The van der Waals surface area contributed by atoms with E-state index < -0.39 is 0 Å². The van der Waals surface area contributed by atoms with Gasteiger partial charge in [-0.2, -0.15) is 0 Å². The van der Waals surface area contributed by atoms with E-state index in [1.807, 2.05) is 0 Å². The lowest BCUT2D eigenvalue weighted by atomic mass is 10.3. The number of carbonyl (C=O) groups excluding carboxylic acids is 2. The van der Waals surface area contributed by atoms with Gasteiger partial charge in [-0.25, -0.2) is 0 Å². The second kappa shape index (κ2) is 5.55. The molecule has 0 amide bonds. The normalized spacial score (nSPS) is 10.1. The molecule has 0 atom stereocenters. The largest absolute Gasteiger partial charge is 0.497 e. The number of ether oxygens (including phenoxy) is 1. The Morgan fingerprint density at radius 1 is 1.22 bits per heavy atom. The smallest absolute Gasteiger partial charge is 0.259 e. The Balaban J connectivity index is 2.08. The third-order valence-corrected chi connectivity index (χ3v) is 3.11. The molecular formula is C13H10O4S. The zero-order chi connectivity index (χ0) is 13.0. The van der Waals surface area contributed by atoms with Crippen LogP contribution >= 0.6 is 11.8 Å². The molecule has 1 aromatic carbocycles. The molecule has 92 valence electrons. The molecule has 0 bridgehead atoms. The van der Waals surface area contributed by atoms with Crippen molar-refractivity contribution in [1.29, 1.82) is 0 Å². The quantitative estimate of drug-likeness (QED) is 0.626. The zero-order valence-corrected chi connectivity index (χ0v) is 10.4. The van der Waals surface area contributed by atoms with E-state index in [4.69, 9.17) is 9.15 Å². The molecule has 1 heterocycles. The molecule has 0 saturated heterocycles. The third kappa shape index (κ3) is 2.81. The van der Waals surface area contributed by atoms with Crippen LogP contribution in [0.2, 0.25) is 0 Å².